The summed E-state index contributed by atoms with van der Waals surface area (Å²) in [5.74, 6) is -0.0611. The lowest BCUT2D eigenvalue weighted by Gasteiger charge is -2.35. The predicted octanol–water partition coefficient (Wildman–Crippen LogP) is 5.94. The van der Waals surface area contributed by atoms with E-state index in [-0.39, 0.29) is 23.3 Å². The van der Waals surface area contributed by atoms with Gasteiger partial charge in [-0.15, -0.1) is 0 Å². The van der Waals surface area contributed by atoms with Gasteiger partial charge in [-0.3, -0.25) is 19.0 Å². The van der Waals surface area contributed by atoms with Crippen LogP contribution in [0.4, 0.5) is 0 Å². The van der Waals surface area contributed by atoms with Crippen molar-refractivity contribution in [3.63, 3.8) is 0 Å². The summed E-state index contributed by atoms with van der Waals surface area (Å²) >= 11 is 6.31. The standard InChI is InChI=1S/C33H35ClN4O3/c1-5-29(39)35-18-9-19-37(32(40)25-14-12-23(4)13-15-25)30(22(2)3)31-36-28-20-26(34)16-17-27(28)33(41)38(31)21-24-10-7-6-8-11-24/h5-8,10-17,20,22,30H,1,9,18-19,21H2,2-4H3,(H,35,39)/t30-/m1/s1. The van der Waals surface area contributed by atoms with Crippen LogP contribution in [0.25, 0.3) is 10.9 Å². The van der Waals surface area contributed by atoms with E-state index in [9.17, 15) is 14.4 Å². The van der Waals surface area contributed by atoms with E-state index in [1.807, 2.05) is 75.4 Å². The summed E-state index contributed by atoms with van der Waals surface area (Å²) in [5.41, 5.74) is 2.81. The lowest BCUT2D eigenvalue weighted by atomic mass is 9.98. The fourth-order valence-corrected chi connectivity index (χ4v) is 5.08. The van der Waals surface area contributed by atoms with Crippen molar-refractivity contribution in [2.24, 2.45) is 5.92 Å². The fraction of sp³-hybridized carbons (Fsp3) is 0.273. The molecule has 8 heteroatoms. The molecule has 0 unspecified atom stereocenters. The molecule has 0 radical (unpaired) electrons. The van der Waals surface area contributed by atoms with Crippen LogP contribution >= 0.6 is 11.6 Å². The van der Waals surface area contributed by atoms with Crippen molar-refractivity contribution < 1.29 is 9.59 Å². The molecule has 1 heterocycles. The van der Waals surface area contributed by atoms with Crippen molar-refractivity contribution in [1.82, 2.24) is 19.8 Å². The summed E-state index contributed by atoms with van der Waals surface area (Å²) < 4.78 is 1.67. The first-order valence-electron chi connectivity index (χ1n) is 13.7. The zero-order valence-corrected chi connectivity index (χ0v) is 24.4. The highest BCUT2D eigenvalue weighted by Gasteiger charge is 2.32. The number of amides is 2. The highest BCUT2D eigenvalue weighted by Crippen LogP contribution is 2.31. The molecular weight excluding hydrogens is 536 g/mol. The second-order valence-electron chi connectivity index (χ2n) is 10.4. The van der Waals surface area contributed by atoms with Crippen molar-refractivity contribution >= 4 is 34.3 Å². The van der Waals surface area contributed by atoms with Gasteiger partial charge in [0.1, 0.15) is 5.82 Å². The molecule has 4 rings (SSSR count). The first-order valence-corrected chi connectivity index (χ1v) is 14.1. The molecule has 0 aliphatic rings. The van der Waals surface area contributed by atoms with Gasteiger partial charge in [0.15, 0.2) is 0 Å². The Balaban J connectivity index is 1.87. The molecule has 0 aliphatic carbocycles. The fourth-order valence-electron chi connectivity index (χ4n) is 4.92. The van der Waals surface area contributed by atoms with E-state index in [0.717, 1.165) is 11.1 Å². The van der Waals surface area contributed by atoms with E-state index in [4.69, 9.17) is 16.6 Å². The maximum Gasteiger partial charge on any atom is 0.261 e. The Morgan fingerprint density at radius 2 is 1.78 bits per heavy atom. The Hall–Kier alpha value is -4.23. The van der Waals surface area contributed by atoms with Crippen LogP contribution in [0.3, 0.4) is 0 Å². The largest absolute Gasteiger partial charge is 0.353 e. The Kier molecular flexibility index (Phi) is 9.73. The van der Waals surface area contributed by atoms with Gasteiger partial charge in [0.05, 0.1) is 23.5 Å². The highest BCUT2D eigenvalue weighted by molar-refractivity contribution is 6.31. The van der Waals surface area contributed by atoms with Crippen LogP contribution < -0.4 is 10.9 Å². The summed E-state index contributed by atoms with van der Waals surface area (Å²) in [7, 11) is 0. The maximum absolute atomic E-state index is 14.1. The maximum atomic E-state index is 14.1. The lowest BCUT2D eigenvalue weighted by molar-refractivity contribution is -0.116. The number of hydrogen-bond donors (Lipinski definition) is 1. The number of carbonyl (C=O) groups is 2. The number of fused-ring (bicyclic) bond motifs is 1. The first-order chi connectivity index (χ1) is 19.7. The summed E-state index contributed by atoms with van der Waals surface area (Å²) in [4.78, 5) is 46.6. The van der Waals surface area contributed by atoms with Gasteiger partial charge in [0.2, 0.25) is 5.91 Å². The zero-order chi connectivity index (χ0) is 29.5. The Morgan fingerprint density at radius 1 is 1.07 bits per heavy atom. The number of nitrogens with zero attached hydrogens (tertiary/aromatic N) is 3. The van der Waals surface area contributed by atoms with E-state index >= 15 is 0 Å². The molecule has 0 bridgehead atoms. The number of aryl methyl sites for hydroxylation is 1. The normalized spacial score (nSPS) is 11.8. The highest BCUT2D eigenvalue weighted by atomic mass is 35.5. The number of carbonyl (C=O) groups excluding carboxylic acids is 2. The molecule has 7 nitrogen and oxygen atoms in total. The number of nitrogens with one attached hydrogen (secondary N) is 1. The van der Waals surface area contributed by atoms with Crippen molar-refractivity contribution in [1.29, 1.82) is 0 Å². The van der Waals surface area contributed by atoms with Crippen LogP contribution in [0.15, 0.2) is 90.2 Å². The lowest BCUT2D eigenvalue weighted by Crippen LogP contribution is -2.42. The van der Waals surface area contributed by atoms with Gasteiger partial charge in [-0.2, -0.15) is 0 Å². The van der Waals surface area contributed by atoms with Gasteiger partial charge in [-0.05, 0) is 61.2 Å². The molecule has 3 aromatic carbocycles. The quantitative estimate of drug-likeness (QED) is 0.179. The van der Waals surface area contributed by atoms with Crippen LogP contribution in [0, 0.1) is 12.8 Å². The molecular formula is C33H35ClN4O3. The summed E-state index contributed by atoms with van der Waals surface area (Å²) in [6.07, 6.45) is 1.72. The molecule has 0 spiro atoms. The second-order valence-corrected chi connectivity index (χ2v) is 10.8. The number of rotatable bonds is 11. The summed E-state index contributed by atoms with van der Waals surface area (Å²) in [6, 6.07) is 21.7. The predicted molar refractivity (Wildman–Crippen MR) is 164 cm³/mol. The molecule has 0 fully saturated rings. The van der Waals surface area contributed by atoms with Crippen molar-refractivity contribution in [2.45, 2.75) is 39.8 Å². The summed E-state index contributed by atoms with van der Waals surface area (Å²) in [6.45, 7) is 10.5. The number of aromatic nitrogens is 2. The number of hydrogen-bond acceptors (Lipinski definition) is 4. The molecule has 1 N–H and O–H groups in total. The van der Waals surface area contributed by atoms with Crippen LogP contribution in [-0.4, -0.2) is 39.4 Å². The average molecular weight is 571 g/mol. The van der Waals surface area contributed by atoms with Crippen molar-refractivity contribution in [3.05, 3.63) is 123 Å². The number of halogens is 1. The van der Waals surface area contributed by atoms with E-state index in [1.54, 1.807) is 27.7 Å². The van der Waals surface area contributed by atoms with Crippen LogP contribution in [0.5, 0.6) is 0 Å². The first kappa shape index (κ1) is 29.7. The molecule has 1 aromatic heterocycles. The molecule has 4 aromatic rings. The zero-order valence-electron chi connectivity index (χ0n) is 23.6. The smallest absolute Gasteiger partial charge is 0.261 e. The van der Waals surface area contributed by atoms with Crippen LogP contribution in [0.1, 0.15) is 53.6 Å². The van der Waals surface area contributed by atoms with Gasteiger partial charge in [-0.1, -0.05) is 80.1 Å². The van der Waals surface area contributed by atoms with Crippen molar-refractivity contribution in [2.75, 3.05) is 13.1 Å². The average Bonchev–Trinajstić information content (AvgIpc) is 2.96. The Bertz CT molecular complexity index is 1600. The topological polar surface area (TPSA) is 84.3 Å². The van der Waals surface area contributed by atoms with E-state index < -0.39 is 6.04 Å². The minimum atomic E-state index is -0.543. The van der Waals surface area contributed by atoms with Crippen LogP contribution in [0.2, 0.25) is 5.02 Å². The molecule has 41 heavy (non-hydrogen) atoms. The monoisotopic (exact) mass is 570 g/mol. The molecule has 0 aliphatic heterocycles. The Labute approximate surface area is 245 Å². The van der Waals surface area contributed by atoms with Gasteiger partial charge in [0, 0.05) is 23.7 Å². The summed E-state index contributed by atoms with van der Waals surface area (Å²) in [5, 5.41) is 3.72. The minimum Gasteiger partial charge on any atom is -0.353 e. The third kappa shape index (κ3) is 7.11. The van der Waals surface area contributed by atoms with Crippen LogP contribution in [-0.2, 0) is 11.3 Å². The minimum absolute atomic E-state index is 0.0993. The van der Waals surface area contributed by atoms with E-state index in [0.29, 0.717) is 53.4 Å². The molecule has 0 saturated carbocycles. The third-order valence-corrected chi connectivity index (χ3v) is 7.22. The molecule has 212 valence electrons. The molecule has 1 atom stereocenters. The third-order valence-electron chi connectivity index (χ3n) is 6.98. The van der Waals surface area contributed by atoms with E-state index in [1.165, 1.54) is 6.08 Å². The Morgan fingerprint density at radius 3 is 2.44 bits per heavy atom. The van der Waals surface area contributed by atoms with Gasteiger partial charge >= 0.3 is 0 Å². The van der Waals surface area contributed by atoms with Gasteiger partial charge in [-0.25, -0.2) is 4.98 Å². The second kappa shape index (κ2) is 13.4. The van der Waals surface area contributed by atoms with Crippen molar-refractivity contribution in [3.8, 4) is 0 Å². The molecule has 2 amide bonds. The van der Waals surface area contributed by atoms with E-state index in [2.05, 4.69) is 11.9 Å². The van der Waals surface area contributed by atoms with Gasteiger partial charge in [0.25, 0.3) is 11.5 Å². The number of benzene rings is 3. The SMILES string of the molecule is C=CC(=O)NCCCN(C(=O)c1ccc(C)cc1)[C@@H](c1nc2cc(Cl)ccc2c(=O)n1Cc1ccccc1)C(C)C. The molecule has 0 saturated heterocycles. The van der Waals surface area contributed by atoms with Gasteiger partial charge < -0.3 is 10.2 Å².